The number of benzene rings is 1. The van der Waals surface area contributed by atoms with E-state index in [0.717, 1.165) is 21.0 Å². The first-order chi connectivity index (χ1) is 19.7. The Bertz CT molecular complexity index is 1540. The maximum atomic E-state index is 14.9. The Kier molecular flexibility index (Phi) is 9.83. The number of para-hydroxylation sites is 1. The maximum Gasteiger partial charge on any atom is 0.407 e. The minimum absolute atomic E-state index is 0.0461. The number of anilines is 1. The molecule has 14 heteroatoms. The number of nitrogens with one attached hydrogen (secondary N) is 3. The van der Waals surface area contributed by atoms with Crippen LogP contribution in [0.2, 0.25) is 0 Å². The van der Waals surface area contributed by atoms with E-state index >= 15 is 0 Å². The number of hydrogen-bond acceptors (Lipinski definition) is 7. The lowest BCUT2D eigenvalue weighted by atomic mass is 9.92. The van der Waals surface area contributed by atoms with Crippen LogP contribution in [0.1, 0.15) is 38.1 Å². The van der Waals surface area contributed by atoms with Crippen LogP contribution in [0.4, 0.5) is 19.3 Å². The van der Waals surface area contributed by atoms with Gasteiger partial charge in [0.2, 0.25) is 11.8 Å². The summed E-state index contributed by atoms with van der Waals surface area (Å²) in [7, 11) is 4.33. The fourth-order valence-corrected chi connectivity index (χ4v) is 3.94. The predicted molar refractivity (Wildman–Crippen MR) is 151 cm³/mol. The van der Waals surface area contributed by atoms with Gasteiger partial charge >= 0.3 is 12.0 Å². The number of rotatable bonds is 11. The van der Waals surface area contributed by atoms with E-state index in [1.807, 2.05) is 0 Å². The molecule has 0 saturated carbocycles. The lowest BCUT2D eigenvalue weighted by Crippen LogP contribution is -2.44. The molecule has 2 heterocycles. The molecule has 0 fully saturated rings. The number of aromatic nitrogens is 3. The Morgan fingerprint density at radius 2 is 1.93 bits per heavy atom. The zero-order valence-corrected chi connectivity index (χ0v) is 23.9. The van der Waals surface area contributed by atoms with Crippen molar-refractivity contribution in [3.05, 3.63) is 70.4 Å². The van der Waals surface area contributed by atoms with Gasteiger partial charge in [0.15, 0.2) is 0 Å². The van der Waals surface area contributed by atoms with Crippen molar-refractivity contribution in [1.29, 1.82) is 0 Å². The van der Waals surface area contributed by atoms with Crippen molar-refractivity contribution in [3.8, 4) is 0 Å². The molecule has 3 aromatic rings. The molecular formula is C28H34F2N6O6. The van der Waals surface area contributed by atoms with E-state index in [1.165, 1.54) is 46.0 Å². The Hall–Kier alpha value is -4.59. The highest BCUT2D eigenvalue weighted by Crippen LogP contribution is 2.41. The number of halogens is 2. The fourth-order valence-electron chi connectivity index (χ4n) is 3.94. The SMILES string of the molecule is COC(=O)NC(CCC=CC(=O)N(C)C)C(=O)Nc1cccn(Cc2nc3c(C(F)(F)C(C)(C)O)cccc3[nH]2)c1=O. The van der Waals surface area contributed by atoms with Gasteiger partial charge in [-0.2, -0.15) is 8.78 Å². The molecule has 3 rings (SSSR count). The molecule has 1 aromatic carbocycles. The highest BCUT2D eigenvalue weighted by molar-refractivity contribution is 5.96. The normalized spacial score (nSPS) is 12.8. The number of imidazole rings is 1. The second-order valence-electron chi connectivity index (χ2n) is 10.3. The van der Waals surface area contributed by atoms with Gasteiger partial charge in [0.05, 0.1) is 30.3 Å². The molecule has 3 amide bonds. The molecule has 0 aliphatic rings. The van der Waals surface area contributed by atoms with Crippen LogP contribution in [0, 0.1) is 0 Å². The number of carbonyl (C=O) groups excluding carboxylic acids is 3. The molecule has 0 bridgehead atoms. The van der Waals surface area contributed by atoms with Gasteiger partial charge in [-0.15, -0.1) is 0 Å². The van der Waals surface area contributed by atoms with E-state index < -0.39 is 40.7 Å². The second-order valence-corrected chi connectivity index (χ2v) is 10.3. The number of pyridine rings is 1. The van der Waals surface area contributed by atoms with Crippen LogP contribution >= 0.6 is 0 Å². The molecule has 226 valence electrons. The van der Waals surface area contributed by atoms with E-state index in [1.54, 1.807) is 26.2 Å². The predicted octanol–water partition coefficient (Wildman–Crippen LogP) is 2.72. The van der Waals surface area contributed by atoms with Crippen molar-refractivity contribution < 1.29 is 33.0 Å². The molecule has 1 unspecified atom stereocenters. The van der Waals surface area contributed by atoms with E-state index in [-0.39, 0.29) is 42.3 Å². The fraction of sp³-hybridized carbons (Fsp3) is 0.393. The lowest BCUT2D eigenvalue weighted by molar-refractivity contribution is -0.167. The van der Waals surface area contributed by atoms with Crippen LogP contribution in [0.3, 0.4) is 0 Å². The van der Waals surface area contributed by atoms with Gasteiger partial charge in [-0.1, -0.05) is 18.2 Å². The van der Waals surface area contributed by atoms with Crippen LogP contribution in [0.25, 0.3) is 11.0 Å². The standard InChI is InChI=1S/C28H34F2N6O6/c1-27(2,41)28(29,30)17-10-8-12-18-23(17)34-21(31-18)16-36-15-9-13-20(25(36)39)32-24(38)19(33-26(40)42-5)11-6-7-14-22(37)35(3)4/h7-10,12-15,19,41H,6,11,16H2,1-5H3,(H,31,34)(H,32,38)(H,33,40). The average Bonchev–Trinajstić information content (AvgIpc) is 3.34. The van der Waals surface area contributed by atoms with Crippen LogP contribution in [-0.4, -0.2) is 75.3 Å². The number of methoxy groups -OCH3 is 1. The number of aromatic amines is 1. The summed E-state index contributed by atoms with van der Waals surface area (Å²) in [4.78, 5) is 58.3. The number of nitrogens with zero attached hydrogens (tertiary/aromatic N) is 3. The van der Waals surface area contributed by atoms with Crippen LogP contribution in [-0.2, 0) is 26.8 Å². The summed E-state index contributed by atoms with van der Waals surface area (Å²) in [5.41, 5.74) is -3.26. The first-order valence-electron chi connectivity index (χ1n) is 13.0. The summed E-state index contributed by atoms with van der Waals surface area (Å²) < 4.78 is 35.7. The number of alkyl carbamates (subject to hydrolysis) is 1. The number of hydrogen-bond donors (Lipinski definition) is 4. The van der Waals surface area contributed by atoms with E-state index in [9.17, 15) is 33.1 Å². The summed E-state index contributed by atoms with van der Waals surface area (Å²) in [6.07, 6.45) is 3.86. The van der Waals surface area contributed by atoms with Crippen molar-refractivity contribution >= 4 is 34.6 Å². The third-order valence-electron chi connectivity index (χ3n) is 6.38. The first kappa shape index (κ1) is 31.9. The molecule has 2 aromatic heterocycles. The monoisotopic (exact) mass is 588 g/mol. The van der Waals surface area contributed by atoms with E-state index in [4.69, 9.17) is 0 Å². The molecule has 0 radical (unpaired) electrons. The largest absolute Gasteiger partial charge is 0.453 e. The Balaban J connectivity index is 1.81. The number of aliphatic hydroxyl groups is 1. The Labute approximate surface area is 240 Å². The molecule has 4 N–H and O–H groups in total. The highest BCUT2D eigenvalue weighted by atomic mass is 19.3. The van der Waals surface area contributed by atoms with Gasteiger partial charge in [-0.05, 0) is 51.0 Å². The Morgan fingerprint density at radius 1 is 1.21 bits per heavy atom. The number of alkyl halides is 2. The average molecular weight is 589 g/mol. The van der Waals surface area contributed by atoms with Gasteiger partial charge in [0, 0.05) is 20.3 Å². The van der Waals surface area contributed by atoms with Gasteiger partial charge in [-0.25, -0.2) is 9.78 Å². The zero-order valence-electron chi connectivity index (χ0n) is 23.9. The van der Waals surface area contributed by atoms with Gasteiger partial charge in [0.1, 0.15) is 23.2 Å². The number of fused-ring (bicyclic) bond motifs is 1. The summed E-state index contributed by atoms with van der Waals surface area (Å²) in [5.74, 6) is -4.34. The van der Waals surface area contributed by atoms with Crippen LogP contribution in [0.15, 0.2) is 53.5 Å². The first-order valence-corrected chi connectivity index (χ1v) is 13.0. The lowest BCUT2D eigenvalue weighted by Gasteiger charge is -2.29. The minimum atomic E-state index is -3.60. The number of amides is 3. The number of allylic oxidation sites excluding steroid dienone is 1. The third-order valence-corrected chi connectivity index (χ3v) is 6.38. The van der Waals surface area contributed by atoms with Crippen molar-refractivity contribution in [1.82, 2.24) is 24.8 Å². The quantitative estimate of drug-likeness (QED) is 0.251. The zero-order chi connectivity index (χ0) is 31.2. The number of H-pyrrole nitrogens is 1. The van der Waals surface area contributed by atoms with Gasteiger partial charge in [0.25, 0.3) is 5.56 Å². The second kappa shape index (κ2) is 12.9. The molecule has 12 nitrogen and oxygen atoms in total. The van der Waals surface area contributed by atoms with E-state index in [2.05, 4.69) is 25.3 Å². The smallest absolute Gasteiger partial charge is 0.407 e. The minimum Gasteiger partial charge on any atom is -0.453 e. The van der Waals surface area contributed by atoms with Crippen molar-refractivity contribution in [3.63, 3.8) is 0 Å². The number of carbonyl (C=O) groups is 3. The Morgan fingerprint density at radius 3 is 2.57 bits per heavy atom. The number of ether oxygens (including phenoxy) is 1. The van der Waals surface area contributed by atoms with Crippen LogP contribution in [0.5, 0.6) is 0 Å². The van der Waals surface area contributed by atoms with Crippen molar-refractivity contribution in [2.75, 3.05) is 26.5 Å². The summed E-state index contributed by atoms with van der Waals surface area (Å²) in [6.45, 7) is 1.87. The summed E-state index contributed by atoms with van der Waals surface area (Å²) >= 11 is 0. The van der Waals surface area contributed by atoms with Crippen molar-refractivity contribution in [2.45, 2.75) is 50.8 Å². The summed E-state index contributed by atoms with van der Waals surface area (Å²) in [5, 5.41) is 14.9. The molecule has 1 atom stereocenters. The molecule has 42 heavy (non-hydrogen) atoms. The van der Waals surface area contributed by atoms with E-state index in [0.29, 0.717) is 5.52 Å². The molecule has 0 aliphatic carbocycles. The molecule has 0 saturated heterocycles. The summed E-state index contributed by atoms with van der Waals surface area (Å²) in [6, 6.07) is 5.94. The van der Waals surface area contributed by atoms with Gasteiger partial charge in [-0.3, -0.25) is 14.4 Å². The van der Waals surface area contributed by atoms with Crippen molar-refractivity contribution in [2.24, 2.45) is 0 Å². The number of likely N-dealkylation sites (N-methyl/N-ethyl adjacent to an activating group) is 1. The van der Waals surface area contributed by atoms with Crippen LogP contribution < -0.4 is 16.2 Å². The maximum absolute atomic E-state index is 14.9. The topological polar surface area (TPSA) is 159 Å². The third kappa shape index (κ3) is 7.37. The van der Waals surface area contributed by atoms with Gasteiger partial charge < -0.3 is 34.9 Å². The molecular weight excluding hydrogens is 554 g/mol. The molecule has 0 spiro atoms. The molecule has 0 aliphatic heterocycles. The highest BCUT2D eigenvalue weighted by Gasteiger charge is 2.48.